The highest BCUT2D eigenvalue weighted by Gasteiger charge is 1.66. The van der Waals surface area contributed by atoms with Crippen molar-refractivity contribution in [3.63, 3.8) is 0 Å². The third-order valence-corrected chi connectivity index (χ3v) is 1.16. The van der Waals surface area contributed by atoms with Gasteiger partial charge in [0.25, 0.3) is 0 Å². The van der Waals surface area contributed by atoms with E-state index in [-0.39, 0.29) is 0 Å². The van der Waals surface area contributed by atoms with E-state index in [2.05, 4.69) is 43.9 Å². The minimum absolute atomic E-state index is 0.986. The Morgan fingerprint density at radius 1 is 1.00 bits per heavy atom. The molecule has 0 aliphatic heterocycles. The first-order chi connectivity index (χ1) is 5.41. The number of hydrogen-bond donors (Lipinski definition) is 0. The maximum Gasteiger partial charge on any atom is -0.0163 e. The normalized spacial score (nSPS) is 12.1. The Kier molecular flexibility index (Phi) is 8.11. The van der Waals surface area contributed by atoms with Crippen molar-refractivity contribution >= 4 is 0 Å². The van der Waals surface area contributed by atoms with Crippen LogP contribution in [0.4, 0.5) is 0 Å². The van der Waals surface area contributed by atoms with Crippen molar-refractivity contribution < 1.29 is 0 Å². The van der Waals surface area contributed by atoms with Crippen LogP contribution in [0.1, 0.15) is 19.8 Å². The molecule has 0 atom stereocenters. The predicted octanol–water partition coefficient (Wildman–Crippen LogP) is 3.64. The first kappa shape index (κ1) is 9.96. The molecule has 0 aromatic rings. The van der Waals surface area contributed by atoms with Gasteiger partial charge in [0.1, 0.15) is 0 Å². The van der Waals surface area contributed by atoms with E-state index in [9.17, 15) is 0 Å². The van der Waals surface area contributed by atoms with E-state index >= 15 is 0 Å². The van der Waals surface area contributed by atoms with E-state index < -0.39 is 0 Å². The van der Waals surface area contributed by atoms with Gasteiger partial charge < -0.3 is 0 Å². The summed E-state index contributed by atoms with van der Waals surface area (Å²) < 4.78 is 0. The molecule has 0 radical (unpaired) electrons. The van der Waals surface area contributed by atoms with Crippen LogP contribution >= 0.6 is 0 Å². The Morgan fingerprint density at radius 3 is 2.27 bits per heavy atom. The van der Waals surface area contributed by atoms with Gasteiger partial charge in [0.2, 0.25) is 0 Å². The monoisotopic (exact) mass is 148 g/mol. The van der Waals surface area contributed by atoms with E-state index in [0.717, 1.165) is 12.8 Å². The maximum absolute atomic E-state index is 3.58. The first-order valence-electron chi connectivity index (χ1n) is 4.01. The molecule has 0 spiro atoms. The van der Waals surface area contributed by atoms with Crippen LogP contribution in [-0.4, -0.2) is 0 Å². The van der Waals surface area contributed by atoms with Crippen LogP contribution in [0.2, 0.25) is 0 Å². The molecule has 11 heavy (non-hydrogen) atoms. The van der Waals surface area contributed by atoms with Crippen LogP contribution in [0.15, 0.2) is 49.1 Å². The minimum atomic E-state index is 0.986. The van der Waals surface area contributed by atoms with Crippen LogP contribution in [0.5, 0.6) is 0 Å². The van der Waals surface area contributed by atoms with Crippen LogP contribution < -0.4 is 0 Å². The summed E-state index contributed by atoms with van der Waals surface area (Å²) in [6.07, 6.45) is 16.3. The molecule has 0 aliphatic carbocycles. The fraction of sp³-hybridized carbons (Fsp3) is 0.273. The molecular formula is C11H16. The number of allylic oxidation sites excluding steroid dienone is 7. The van der Waals surface area contributed by atoms with Crippen LogP contribution in [0.3, 0.4) is 0 Å². The molecule has 0 amide bonds. The average molecular weight is 148 g/mol. The molecule has 0 rings (SSSR count). The molecular weight excluding hydrogens is 132 g/mol. The van der Waals surface area contributed by atoms with E-state index in [0.29, 0.717) is 0 Å². The van der Waals surface area contributed by atoms with E-state index in [1.54, 1.807) is 6.08 Å². The number of hydrogen-bond acceptors (Lipinski definition) is 0. The maximum atomic E-state index is 3.58. The Balaban J connectivity index is 3.36. The van der Waals surface area contributed by atoms with Crippen molar-refractivity contribution in [3.8, 4) is 0 Å². The Hall–Kier alpha value is -1.04. The van der Waals surface area contributed by atoms with Crippen molar-refractivity contribution in [1.29, 1.82) is 0 Å². The average Bonchev–Trinajstić information content (AvgIpc) is 2.03. The molecule has 0 bridgehead atoms. The van der Waals surface area contributed by atoms with Crippen molar-refractivity contribution in [2.45, 2.75) is 19.8 Å². The Labute approximate surface area is 69.6 Å². The second-order valence-corrected chi connectivity index (χ2v) is 2.16. The molecule has 0 nitrogen and oxygen atoms in total. The van der Waals surface area contributed by atoms with Gasteiger partial charge in [0, 0.05) is 0 Å². The highest BCUT2D eigenvalue weighted by Crippen LogP contribution is 1.88. The first-order valence-corrected chi connectivity index (χ1v) is 4.01. The van der Waals surface area contributed by atoms with E-state index in [1.165, 1.54) is 0 Å². The molecule has 0 fully saturated rings. The Bertz CT molecular complexity index is 159. The van der Waals surface area contributed by atoms with Crippen molar-refractivity contribution in [1.82, 2.24) is 0 Å². The highest BCUT2D eigenvalue weighted by atomic mass is 13.7. The summed E-state index contributed by atoms with van der Waals surface area (Å²) in [6, 6.07) is 0. The molecule has 60 valence electrons. The summed E-state index contributed by atoms with van der Waals surface area (Å²) >= 11 is 0. The summed E-state index contributed by atoms with van der Waals surface area (Å²) in [7, 11) is 0. The number of rotatable bonds is 5. The third-order valence-electron chi connectivity index (χ3n) is 1.16. The smallest absolute Gasteiger partial charge is 0.0163 e. The summed E-state index contributed by atoms with van der Waals surface area (Å²) in [5, 5.41) is 0. The Morgan fingerprint density at radius 2 is 1.64 bits per heavy atom. The molecule has 0 unspecified atom stereocenters. The minimum Gasteiger partial charge on any atom is -0.0991 e. The van der Waals surface area contributed by atoms with Gasteiger partial charge in [0.15, 0.2) is 0 Å². The molecule has 0 aliphatic rings. The summed E-state index contributed by atoms with van der Waals surface area (Å²) in [6.45, 7) is 5.71. The quantitative estimate of drug-likeness (QED) is 0.522. The van der Waals surface area contributed by atoms with Crippen molar-refractivity contribution in [2.24, 2.45) is 0 Å². The van der Waals surface area contributed by atoms with Crippen LogP contribution in [0.25, 0.3) is 0 Å². The van der Waals surface area contributed by atoms with E-state index in [4.69, 9.17) is 0 Å². The lowest BCUT2D eigenvalue weighted by Gasteiger charge is -1.78. The molecule has 0 saturated carbocycles. The fourth-order valence-electron chi connectivity index (χ4n) is 0.625. The molecule has 0 N–H and O–H groups in total. The summed E-state index contributed by atoms with van der Waals surface area (Å²) in [4.78, 5) is 0. The van der Waals surface area contributed by atoms with E-state index in [1.807, 2.05) is 6.08 Å². The fourth-order valence-corrected chi connectivity index (χ4v) is 0.625. The molecule has 0 aromatic carbocycles. The molecule has 0 aromatic heterocycles. The zero-order chi connectivity index (χ0) is 8.36. The second kappa shape index (κ2) is 8.96. The van der Waals surface area contributed by atoms with Gasteiger partial charge >= 0.3 is 0 Å². The van der Waals surface area contributed by atoms with Gasteiger partial charge in [-0.15, -0.1) is 0 Å². The lowest BCUT2D eigenvalue weighted by atomic mass is 10.3. The highest BCUT2D eigenvalue weighted by molar-refractivity contribution is 5.06. The predicted molar refractivity (Wildman–Crippen MR) is 52.5 cm³/mol. The zero-order valence-electron chi connectivity index (χ0n) is 7.16. The summed E-state index contributed by atoms with van der Waals surface area (Å²) in [5.74, 6) is 0. The van der Waals surface area contributed by atoms with Gasteiger partial charge in [-0.3, -0.25) is 0 Å². The topological polar surface area (TPSA) is 0 Å². The van der Waals surface area contributed by atoms with Crippen LogP contribution in [0, 0.1) is 0 Å². The molecule has 0 heteroatoms. The zero-order valence-corrected chi connectivity index (χ0v) is 7.16. The molecule has 0 saturated heterocycles. The van der Waals surface area contributed by atoms with Gasteiger partial charge in [-0.05, 0) is 12.8 Å². The SMILES string of the molecule is C=CC=CCC=CC=CCC. The van der Waals surface area contributed by atoms with Gasteiger partial charge in [0.05, 0.1) is 0 Å². The summed E-state index contributed by atoms with van der Waals surface area (Å²) in [5.41, 5.74) is 0. The molecule has 0 heterocycles. The standard InChI is InChI=1S/C11H16/c1-3-5-7-9-11-10-8-6-4-2/h3,5-8,10-11H,1,4,9H2,2H3. The van der Waals surface area contributed by atoms with Gasteiger partial charge in [-0.1, -0.05) is 56.0 Å². The van der Waals surface area contributed by atoms with Gasteiger partial charge in [-0.25, -0.2) is 0 Å². The van der Waals surface area contributed by atoms with Crippen LogP contribution in [-0.2, 0) is 0 Å². The largest absolute Gasteiger partial charge is 0.0991 e. The van der Waals surface area contributed by atoms with Crippen molar-refractivity contribution in [3.05, 3.63) is 49.1 Å². The lowest BCUT2D eigenvalue weighted by molar-refractivity contribution is 1.22. The van der Waals surface area contributed by atoms with Crippen molar-refractivity contribution in [2.75, 3.05) is 0 Å². The second-order valence-electron chi connectivity index (χ2n) is 2.16. The van der Waals surface area contributed by atoms with Gasteiger partial charge in [-0.2, -0.15) is 0 Å². The lowest BCUT2D eigenvalue weighted by Crippen LogP contribution is -1.56. The third kappa shape index (κ3) is 8.96.